The Balaban J connectivity index is 1.34. The lowest BCUT2D eigenvalue weighted by molar-refractivity contribution is 0.0451. The van der Waals surface area contributed by atoms with Crippen LogP contribution in [0.2, 0.25) is 0 Å². The fourth-order valence-corrected chi connectivity index (χ4v) is 5.19. The summed E-state index contributed by atoms with van der Waals surface area (Å²) in [5, 5.41) is 0. The maximum absolute atomic E-state index is 12.6. The molecule has 0 saturated carbocycles. The van der Waals surface area contributed by atoms with Crippen molar-refractivity contribution in [2.24, 2.45) is 5.92 Å². The molecule has 0 aromatic heterocycles. The van der Waals surface area contributed by atoms with Crippen LogP contribution in [0.3, 0.4) is 0 Å². The van der Waals surface area contributed by atoms with Crippen molar-refractivity contribution < 1.29 is 17.9 Å². The van der Waals surface area contributed by atoms with Crippen LogP contribution in [0.25, 0.3) is 0 Å². The normalized spacial score (nSPS) is 16.3. The summed E-state index contributed by atoms with van der Waals surface area (Å²) in [5.41, 5.74) is 2.12. The minimum atomic E-state index is -3.47. The van der Waals surface area contributed by atoms with Crippen molar-refractivity contribution in [2.45, 2.75) is 17.1 Å². The van der Waals surface area contributed by atoms with Crippen molar-refractivity contribution in [3.8, 4) is 0 Å². The molecule has 160 valence electrons. The molecule has 0 amide bonds. The topological polar surface area (TPSA) is 63.7 Å². The van der Waals surface area contributed by atoms with E-state index in [1.54, 1.807) is 54.6 Å². The van der Waals surface area contributed by atoms with Gasteiger partial charge in [-0.15, -0.1) is 0 Å². The molecule has 1 unspecified atom stereocenters. The zero-order chi connectivity index (χ0) is 21.7. The van der Waals surface area contributed by atoms with Gasteiger partial charge in [-0.1, -0.05) is 48.5 Å². The first-order valence-electron chi connectivity index (χ1n) is 10.4. The van der Waals surface area contributed by atoms with Gasteiger partial charge in [0, 0.05) is 24.7 Å². The fourth-order valence-electron chi connectivity index (χ4n) is 3.84. The minimum absolute atomic E-state index is 0.160. The Morgan fingerprint density at radius 2 is 1.65 bits per heavy atom. The zero-order valence-electron chi connectivity index (χ0n) is 17.2. The highest BCUT2D eigenvalue weighted by Gasteiger charge is 2.24. The van der Waals surface area contributed by atoms with E-state index in [0.717, 1.165) is 19.5 Å². The molecule has 3 aromatic carbocycles. The Labute approximate surface area is 183 Å². The highest BCUT2D eigenvalue weighted by Crippen LogP contribution is 2.24. The Bertz CT molecular complexity index is 1130. The first-order valence-corrected chi connectivity index (χ1v) is 12.0. The molecule has 1 atom stereocenters. The summed E-state index contributed by atoms with van der Waals surface area (Å²) in [5.74, 6) is -0.296. The maximum Gasteiger partial charge on any atom is 0.338 e. The molecular formula is C25H25NO4S. The molecule has 5 nitrogen and oxygen atoms in total. The number of nitrogens with zero attached hydrogens (tertiary/aromatic N) is 1. The summed E-state index contributed by atoms with van der Waals surface area (Å²) in [6.07, 6.45) is 0.970. The van der Waals surface area contributed by atoms with Crippen LogP contribution in [0, 0.1) is 5.92 Å². The van der Waals surface area contributed by atoms with Crippen LogP contribution in [0.4, 0.5) is 5.69 Å². The number of carbonyl (C=O) groups excluding carboxylic acids is 1. The van der Waals surface area contributed by atoms with Crippen LogP contribution < -0.4 is 4.90 Å². The van der Waals surface area contributed by atoms with E-state index < -0.39 is 15.8 Å². The van der Waals surface area contributed by atoms with Gasteiger partial charge < -0.3 is 9.64 Å². The third-order valence-corrected chi connectivity index (χ3v) is 7.18. The molecule has 0 spiro atoms. The van der Waals surface area contributed by atoms with E-state index in [0.29, 0.717) is 17.7 Å². The molecule has 1 aliphatic heterocycles. The Morgan fingerprint density at radius 1 is 0.935 bits per heavy atom. The van der Waals surface area contributed by atoms with Crippen molar-refractivity contribution in [2.75, 3.05) is 24.6 Å². The van der Waals surface area contributed by atoms with Crippen LogP contribution in [-0.2, 0) is 20.3 Å². The van der Waals surface area contributed by atoms with Crippen LogP contribution >= 0.6 is 0 Å². The third kappa shape index (κ3) is 5.33. The van der Waals surface area contributed by atoms with E-state index >= 15 is 0 Å². The SMILES string of the molecule is O=C(OCC1CCN(c2ccccc2)C1)c1cccc(CS(=O)(=O)c2ccccc2)c1. The van der Waals surface area contributed by atoms with Crippen molar-refractivity contribution in [1.82, 2.24) is 0 Å². The monoisotopic (exact) mass is 435 g/mol. The molecule has 0 N–H and O–H groups in total. The van der Waals surface area contributed by atoms with Gasteiger partial charge in [-0.2, -0.15) is 0 Å². The molecule has 0 aliphatic carbocycles. The van der Waals surface area contributed by atoms with Gasteiger partial charge in [-0.3, -0.25) is 0 Å². The average molecular weight is 436 g/mol. The molecule has 1 fully saturated rings. The second kappa shape index (κ2) is 9.35. The predicted octanol–water partition coefficient (Wildman–Crippen LogP) is 4.34. The number of hydrogen-bond acceptors (Lipinski definition) is 5. The van der Waals surface area contributed by atoms with E-state index in [9.17, 15) is 13.2 Å². The predicted molar refractivity (Wildman–Crippen MR) is 121 cm³/mol. The summed E-state index contributed by atoms with van der Waals surface area (Å²) < 4.78 is 30.8. The number of carbonyl (C=O) groups is 1. The molecule has 0 radical (unpaired) electrons. The van der Waals surface area contributed by atoms with Crippen LogP contribution in [0.1, 0.15) is 22.3 Å². The van der Waals surface area contributed by atoms with E-state index in [2.05, 4.69) is 17.0 Å². The van der Waals surface area contributed by atoms with Gasteiger partial charge in [0.25, 0.3) is 0 Å². The number of para-hydroxylation sites is 1. The van der Waals surface area contributed by atoms with E-state index in [4.69, 9.17) is 4.74 Å². The van der Waals surface area contributed by atoms with E-state index in [1.807, 2.05) is 18.2 Å². The number of esters is 1. The quantitative estimate of drug-likeness (QED) is 0.517. The largest absolute Gasteiger partial charge is 0.462 e. The fraction of sp³-hybridized carbons (Fsp3) is 0.240. The first kappa shape index (κ1) is 21.1. The van der Waals surface area contributed by atoms with Gasteiger partial charge in [0.1, 0.15) is 0 Å². The molecule has 1 aliphatic rings. The smallest absolute Gasteiger partial charge is 0.338 e. The molecule has 31 heavy (non-hydrogen) atoms. The van der Waals surface area contributed by atoms with Gasteiger partial charge in [0.2, 0.25) is 0 Å². The Morgan fingerprint density at radius 3 is 2.39 bits per heavy atom. The number of hydrogen-bond donors (Lipinski definition) is 0. The standard InChI is InChI=1S/C25H25NO4S/c27-25(30-18-21-14-15-26(17-21)23-10-3-1-4-11-23)22-9-7-8-20(16-22)19-31(28,29)24-12-5-2-6-13-24/h1-13,16,21H,14-15,17-19H2. The van der Waals surface area contributed by atoms with Crippen molar-refractivity contribution in [3.63, 3.8) is 0 Å². The molecular weight excluding hydrogens is 410 g/mol. The third-order valence-electron chi connectivity index (χ3n) is 5.48. The minimum Gasteiger partial charge on any atom is -0.462 e. The summed E-state index contributed by atoms with van der Waals surface area (Å²) in [4.78, 5) is 15.1. The van der Waals surface area contributed by atoms with Crippen LogP contribution in [-0.4, -0.2) is 34.1 Å². The lowest BCUT2D eigenvalue weighted by Gasteiger charge is -2.18. The summed E-state index contributed by atoms with van der Waals surface area (Å²) in [6.45, 7) is 2.15. The molecule has 0 bridgehead atoms. The average Bonchev–Trinajstić information content (AvgIpc) is 3.28. The van der Waals surface area contributed by atoms with Crippen molar-refractivity contribution >= 4 is 21.5 Å². The number of sulfone groups is 1. The lowest BCUT2D eigenvalue weighted by Crippen LogP contribution is -2.22. The van der Waals surface area contributed by atoms with Gasteiger partial charge in [-0.05, 0) is 48.4 Å². The van der Waals surface area contributed by atoms with Gasteiger partial charge in [0.15, 0.2) is 9.84 Å². The molecule has 6 heteroatoms. The molecule has 3 aromatic rings. The first-order chi connectivity index (χ1) is 15.0. The lowest BCUT2D eigenvalue weighted by atomic mass is 10.1. The second-order valence-corrected chi connectivity index (χ2v) is 9.80. The van der Waals surface area contributed by atoms with Gasteiger partial charge in [0.05, 0.1) is 22.8 Å². The summed E-state index contributed by atoms with van der Waals surface area (Å²) >= 11 is 0. The number of benzene rings is 3. The van der Waals surface area contributed by atoms with Gasteiger partial charge >= 0.3 is 5.97 Å². The van der Waals surface area contributed by atoms with E-state index in [-0.39, 0.29) is 16.6 Å². The highest BCUT2D eigenvalue weighted by atomic mass is 32.2. The van der Waals surface area contributed by atoms with Gasteiger partial charge in [-0.25, -0.2) is 13.2 Å². The maximum atomic E-state index is 12.6. The summed E-state index contributed by atoms with van der Waals surface area (Å²) in [6, 6.07) is 25.2. The second-order valence-electron chi connectivity index (χ2n) is 7.81. The van der Waals surface area contributed by atoms with E-state index in [1.165, 1.54) is 5.69 Å². The number of ether oxygens (including phenoxy) is 1. The number of anilines is 1. The highest BCUT2D eigenvalue weighted by molar-refractivity contribution is 7.90. The Hall–Kier alpha value is -3.12. The number of rotatable bonds is 7. The van der Waals surface area contributed by atoms with Crippen molar-refractivity contribution in [1.29, 1.82) is 0 Å². The molecule has 4 rings (SSSR count). The van der Waals surface area contributed by atoms with Crippen LogP contribution in [0.15, 0.2) is 89.8 Å². The Kier molecular flexibility index (Phi) is 6.37. The summed E-state index contributed by atoms with van der Waals surface area (Å²) in [7, 11) is -3.47. The van der Waals surface area contributed by atoms with Crippen molar-refractivity contribution in [3.05, 3.63) is 96.1 Å². The molecule has 1 saturated heterocycles. The molecule has 1 heterocycles. The van der Waals surface area contributed by atoms with Crippen LogP contribution in [0.5, 0.6) is 0 Å². The zero-order valence-corrected chi connectivity index (χ0v) is 18.0.